The minimum atomic E-state index is 0.113. The average Bonchev–Trinajstić information content (AvgIpc) is 2.90. The third-order valence-corrected chi connectivity index (χ3v) is 7.39. The van der Waals surface area contributed by atoms with Gasteiger partial charge in [0.05, 0.1) is 6.54 Å². The predicted octanol–water partition coefficient (Wildman–Crippen LogP) is 2.86. The predicted molar refractivity (Wildman–Crippen MR) is 140 cm³/mol. The van der Waals surface area contributed by atoms with Crippen LogP contribution in [-0.2, 0) is 11.3 Å². The highest BCUT2D eigenvalue weighted by molar-refractivity contribution is 5.78. The Balaban J connectivity index is 1.25. The molecule has 3 saturated heterocycles. The molecule has 9 nitrogen and oxygen atoms in total. The molecule has 1 aromatic carbocycles. The van der Waals surface area contributed by atoms with Gasteiger partial charge in [-0.1, -0.05) is 12.1 Å². The van der Waals surface area contributed by atoms with Gasteiger partial charge in [-0.3, -0.25) is 14.6 Å². The van der Waals surface area contributed by atoms with Crippen molar-refractivity contribution in [2.45, 2.75) is 37.9 Å². The van der Waals surface area contributed by atoms with Crippen LogP contribution in [0.25, 0.3) is 11.1 Å². The second kappa shape index (κ2) is 10.2. The summed E-state index contributed by atoms with van der Waals surface area (Å²) >= 11 is 0. The maximum atomic E-state index is 12.6. The fourth-order valence-corrected chi connectivity index (χ4v) is 5.52. The number of hydrogen-bond acceptors (Lipinski definition) is 8. The molecule has 2 aromatic heterocycles. The third kappa shape index (κ3) is 5.17. The van der Waals surface area contributed by atoms with Crippen molar-refractivity contribution in [3.05, 3.63) is 60.6 Å². The molecule has 0 saturated carbocycles. The van der Waals surface area contributed by atoms with Gasteiger partial charge < -0.3 is 16.0 Å². The highest BCUT2D eigenvalue weighted by atomic mass is 16.2. The molecule has 10 bridgehead atoms. The normalized spacial score (nSPS) is 26.1. The number of amides is 1. The van der Waals surface area contributed by atoms with Gasteiger partial charge in [-0.05, 0) is 54.7 Å². The van der Waals surface area contributed by atoms with E-state index in [0.29, 0.717) is 37.7 Å². The minimum absolute atomic E-state index is 0.113. The average molecular weight is 485 g/mol. The summed E-state index contributed by atoms with van der Waals surface area (Å²) in [5.41, 5.74) is 4.24. The highest BCUT2D eigenvalue weighted by Gasteiger charge is 2.39. The van der Waals surface area contributed by atoms with Crippen LogP contribution >= 0.6 is 0 Å². The molecule has 7 aliphatic heterocycles. The van der Waals surface area contributed by atoms with E-state index in [1.54, 1.807) is 6.20 Å². The molecule has 9 heterocycles. The smallest absolute Gasteiger partial charge is 0.234 e. The molecule has 1 amide bonds. The Morgan fingerprint density at radius 1 is 0.833 bits per heavy atom. The lowest BCUT2D eigenvalue weighted by Gasteiger charge is -2.51. The van der Waals surface area contributed by atoms with Crippen molar-refractivity contribution in [2.24, 2.45) is 0 Å². The van der Waals surface area contributed by atoms with Gasteiger partial charge in [0.25, 0.3) is 0 Å². The minimum Gasteiger partial charge on any atom is -0.355 e. The summed E-state index contributed by atoms with van der Waals surface area (Å²) in [7, 11) is 0. The Labute approximate surface area is 211 Å². The summed E-state index contributed by atoms with van der Waals surface area (Å²) < 4.78 is 0. The molecule has 10 rings (SSSR count). The fourth-order valence-electron chi connectivity index (χ4n) is 5.52. The second-order valence-electron chi connectivity index (χ2n) is 9.92. The van der Waals surface area contributed by atoms with Gasteiger partial charge in [-0.15, -0.1) is 0 Å². The zero-order valence-corrected chi connectivity index (χ0v) is 20.4. The Hall–Kier alpha value is -3.56. The van der Waals surface area contributed by atoms with Crippen LogP contribution in [0.4, 0.5) is 17.5 Å². The number of rotatable bonds is 0. The molecule has 0 radical (unpaired) electrons. The van der Waals surface area contributed by atoms with Crippen molar-refractivity contribution in [2.75, 3.05) is 43.4 Å². The number of aromatic nitrogens is 3. The van der Waals surface area contributed by atoms with E-state index in [1.165, 1.54) is 18.4 Å². The van der Waals surface area contributed by atoms with Crippen molar-refractivity contribution in [1.82, 2.24) is 30.1 Å². The zero-order chi connectivity index (χ0) is 24.3. The SMILES string of the molecule is O=C1CN2CC3CCC2CN3Cc2cccc(c2)Nc2cc(ccn2)-c2cnc(nc2)NCCCN1. The maximum Gasteiger partial charge on any atom is 0.234 e. The number of benzene rings is 1. The number of anilines is 3. The lowest BCUT2D eigenvalue weighted by atomic mass is 9.90. The Bertz CT molecular complexity index is 1220. The summed E-state index contributed by atoms with van der Waals surface area (Å²) in [6, 6.07) is 13.5. The molecule has 36 heavy (non-hydrogen) atoms. The summed E-state index contributed by atoms with van der Waals surface area (Å²) in [4.78, 5) is 31.0. The van der Waals surface area contributed by atoms with Gasteiger partial charge in [-0.2, -0.15) is 0 Å². The monoisotopic (exact) mass is 484 g/mol. The largest absolute Gasteiger partial charge is 0.355 e. The van der Waals surface area contributed by atoms with Crippen LogP contribution in [0.3, 0.4) is 0 Å². The molecule has 3 aromatic rings. The lowest BCUT2D eigenvalue weighted by molar-refractivity contribution is -0.125. The standard InChI is InChI=1S/C27H32N8O/c36-26-18-35-17-23-5-6-24(35)16-34(23)15-19-3-1-4-22(11-19)33-25-12-20(7-10-28-25)21-13-31-27(32-14-21)30-9-2-8-29-26/h1,3-4,7,10-14,23-24H,2,5-6,8-9,15-18H2,(H,28,33)(H,29,36)(H,30,31,32). The third-order valence-electron chi connectivity index (χ3n) is 7.39. The number of nitrogens with one attached hydrogen (secondary N) is 3. The number of piperazine rings is 1. The van der Waals surface area contributed by atoms with Crippen LogP contribution in [0.2, 0.25) is 0 Å². The van der Waals surface area contributed by atoms with Gasteiger partial charge in [0.15, 0.2) is 0 Å². The Morgan fingerprint density at radius 2 is 1.61 bits per heavy atom. The summed E-state index contributed by atoms with van der Waals surface area (Å²) in [6.45, 7) is 4.71. The molecular formula is C27H32N8O. The van der Waals surface area contributed by atoms with Crippen LogP contribution in [-0.4, -0.2) is 75.5 Å². The second-order valence-corrected chi connectivity index (χ2v) is 9.92. The molecule has 4 atom stereocenters. The Morgan fingerprint density at radius 3 is 2.42 bits per heavy atom. The molecule has 9 heteroatoms. The highest BCUT2D eigenvalue weighted by Crippen LogP contribution is 2.30. The van der Waals surface area contributed by atoms with Gasteiger partial charge in [0.2, 0.25) is 11.9 Å². The van der Waals surface area contributed by atoms with Crippen LogP contribution in [0.1, 0.15) is 24.8 Å². The molecule has 186 valence electrons. The molecule has 3 fully saturated rings. The molecular weight excluding hydrogens is 452 g/mol. The lowest BCUT2D eigenvalue weighted by Crippen LogP contribution is -2.63. The first-order chi connectivity index (χ1) is 17.7. The van der Waals surface area contributed by atoms with E-state index in [9.17, 15) is 4.79 Å². The van der Waals surface area contributed by atoms with Gasteiger partial charge in [-0.25, -0.2) is 15.0 Å². The number of pyridine rings is 1. The number of carbonyl (C=O) groups is 1. The van der Waals surface area contributed by atoms with Crippen molar-refractivity contribution in [1.29, 1.82) is 0 Å². The summed E-state index contributed by atoms with van der Waals surface area (Å²) in [6.07, 6.45) is 8.62. The number of piperidine rings is 2. The molecule has 0 spiro atoms. The van der Waals surface area contributed by atoms with Crippen molar-refractivity contribution in [3.8, 4) is 11.1 Å². The van der Waals surface area contributed by atoms with Crippen molar-refractivity contribution < 1.29 is 4.79 Å². The first-order valence-electron chi connectivity index (χ1n) is 12.8. The number of carbonyl (C=O) groups excluding carboxylic acids is 1. The van der Waals surface area contributed by atoms with Crippen LogP contribution in [0.5, 0.6) is 0 Å². The quantitative estimate of drug-likeness (QED) is 0.448. The first-order valence-corrected chi connectivity index (χ1v) is 12.8. The first kappa shape index (κ1) is 22.9. The number of fused-ring (bicyclic) bond motifs is 1. The van der Waals surface area contributed by atoms with E-state index in [2.05, 4.69) is 65.0 Å². The Kier molecular flexibility index (Phi) is 6.48. The van der Waals surface area contributed by atoms with Gasteiger partial charge >= 0.3 is 0 Å². The van der Waals surface area contributed by atoms with Crippen LogP contribution < -0.4 is 16.0 Å². The van der Waals surface area contributed by atoms with E-state index in [-0.39, 0.29) is 5.91 Å². The van der Waals surface area contributed by atoms with Crippen LogP contribution in [0, 0.1) is 0 Å². The maximum absolute atomic E-state index is 12.6. The van der Waals surface area contributed by atoms with Crippen molar-refractivity contribution in [3.63, 3.8) is 0 Å². The van der Waals surface area contributed by atoms with E-state index < -0.39 is 0 Å². The topological polar surface area (TPSA) is 98.3 Å². The van der Waals surface area contributed by atoms with E-state index in [4.69, 9.17) is 0 Å². The van der Waals surface area contributed by atoms with Crippen LogP contribution in [0.15, 0.2) is 55.0 Å². The zero-order valence-electron chi connectivity index (χ0n) is 20.4. The van der Waals surface area contributed by atoms with Crippen molar-refractivity contribution >= 4 is 23.4 Å². The summed E-state index contributed by atoms with van der Waals surface area (Å²) in [5.74, 6) is 1.49. The summed E-state index contributed by atoms with van der Waals surface area (Å²) in [5, 5.41) is 9.79. The van der Waals surface area contributed by atoms with Gasteiger partial charge in [0.1, 0.15) is 5.82 Å². The van der Waals surface area contributed by atoms with E-state index >= 15 is 0 Å². The van der Waals surface area contributed by atoms with E-state index in [0.717, 1.165) is 48.7 Å². The molecule has 3 N–H and O–H groups in total. The molecule has 7 aliphatic rings. The number of nitrogens with zero attached hydrogens (tertiary/aromatic N) is 5. The van der Waals surface area contributed by atoms with Gasteiger partial charge in [0, 0.05) is 74.6 Å². The molecule has 4 unspecified atom stereocenters. The molecule has 0 aliphatic carbocycles. The van der Waals surface area contributed by atoms with E-state index in [1.807, 2.05) is 24.5 Å². The fraction of sp³-hybridized carbons (Fsp3) is 0.407. The number of hydrogen-bond donors (Lipinski definition) is 3.